The third kappa shape index (κ3) is 2.68. The van der Waals surface area contributed by atoms with E-state index in [9.17, 15) is 17.6 Å². The highest BCUT2D eigenvalue weighted by molar-refractivity contribution is 7.92. The Kier molecular flexibility index (Phi) is 3.17. The highest BCUT2D eigenvalue weighted by atomic mass is 32.2. The Labute approximate surface area is 106 Å². The zero-order chi connectivity index (χ0) is 14.0. The van der Waals surface area contributed by atoms with E-state index in [4.69, 9.17) is 5.11 Å². The number of aromatic carboxylic acids is 1. The molecule has 3 N–H and O–H groups in total. The Balaban J connectivity index is 2.35. The lowest BCUT2D eigenvalue weighted by atomic mass is 10.4. The fourth-order valence-electron chi connectivity index (χ4n) is 1.26. The first-order valence-corrected chi connectivity index (χ1v) is 6.29. The van der Waals surface area contributed by atoms with Crippen LogP contribution in [0.15, 0.2) is 29.6 Å². The van der Waals surface area contributed by atoms with Gasteiger partial charge in [0, 0.05) is 0 Å². The molecule has 8 nitrogen and oxygen atoms in total. The molecule has 0 bridgehead atoms. The summed E-state index contributed by atoms with van der Waals surface area (Å²) < 4.78 is 38.4. The quantitative estimate of drug-likeness (QED) is 0.749. The van der Waals surface area contributed by atoms with E-state index in [-0.39, 0.29) is 5.82 Å². The summed E-state index contributed by atoms with van der Waals surface area (Å²) >= 11 is 0. The van der Waals surface area contributed by atoms with Crippen LogP contribution in [0.4, 0.5) is 10.2 Å². The van der Waals surface area contributed by atoms with Gasteiger partial charge in [-0.1, -0.05) is 0 Å². The van der Waals surface area contributed by atoms with Crippen molar-refractivity contribution in [1.82, 2.24) is 15.2 Å². The minimum Gasteiger partial charge on any atom is -0.478 e. The monoisotopic (exact) mass is 286 g/mol. The van der Waals surface area contributed by atoms with Gasteiger partial charge in [0.05, 0.1) is 12.4 Å². The van der Waals surface area contributed by atoms with Crippen LogP contribution < -0.4 is 4.72 Å². The lowest BCUT2D eigenvalue weighted by molar-refractivity contribution is 0.0692. The number of anilines is 1. The van der Waals surface area contributed by atoms with Crippen LogP contribution in [0.25, 0.3) is 0 Å². The number of aromatic amines is 1. The van der Waals surface area contributed by atoms with Crippen molar-refractivity contribution in [3.05, 3.63) is 35.9 Å². The smallest absolute Gasteiger partial charge is 0.340 e. The Morgan fingerprint density at radius 2 is 2.11 bits per heavy atom. The molecule has 0 radical (unpaired) electrons. The molecule has 0 aliphatic carbocycles. The minimum absolute atomic E-state index is 0.146. The van der Waals surface area contributed by atoms with Crippen LogP contribution in [0.1, 0.15) is 10.4 Å². The number of sulfonamides is 1. The largest absolute Gasteiger partial charge is 0.478 e. The van der Waals surface area contributed by atoms with Gasteiger partial charge in [0.15, 0.2) is 5.03 Å². The Morgan fingerprint density at radius 3 is 2.68 bits per heavy atom. The molecule has 2 rings (SSSR count). The average molecular weight is 286 g/mol. The number of hydrogen-bond acceptors (Lipinski definition) is 5. The number of carboxylic acids is 1. The topological polar surface area (TPSA) is 125 Å². The molecule has 0 unspecified atom stereocenters. The number of nitrogens with zero attached hydrogens (tertiary/aromatic N) is 2. The average Bonchev–Trinajstić information content (AvgIpc) is 2.82. The van der Waals surface area contributed by atoms with Gasteiger partial charge >= 0.3 is 5.97 Å². The molecule has 0 aromatic carbocycles. The third-order valence-corrected chi connectivity index (χ3v) is 3.40. The van der Waals surface area contributed by atoms with Gasteiger partial charge in [0.1, 0.15) is 17.2 Å². The van der Waals surface area contributed by atoms with Crippen molar-refractivity contribution in [1.29, 1.82) is 0 Å². The van der Waals surface area contributed by atoms with Crippen molar-refractivity contribution >= 4 is 21.8 Å². The van der Waals surface area contributed by atoms with E-state index in [1.807, 2.05) is 4.72 Å². The lowest BCUT2D eigenvalue weighted by Crippen LogP contribution is -2.17. The first kappa shape index (κ1) is 13.0. The van der Waals surface area contributed by atoms with Crippen LogP contribution in [-0.2, 0) is 10.0 Å². The summed E-state index contributed by atoms with van der Waals surface area (Å²) in [5.74, 6) is -2.22. The number of halogens is 1. The van der Waals surface area contributed by atoms with Gasteiger partial charge in [-0.05, 0) is 12.1 Å². The summed E-state index contributed by atoms with van der Waals surface area (Å²) in [6.45, 7) is 0. The number of rotatable bonds is 4. The molecule has 2 heterocycles. The van der Waals surface area contributed by atoms with Gasteiger partial charge in [0.25, 0.3) is 10.0 Å². The first-order chi connectivity index (χ1) is 8.90. The summed E-state index contributed by atoms with van der Waals surface area (Å²) in [5, 5.41) is 13.6. The maximum absolute atomic E-state index is 12.6. The number of H-pyrrole nitrogens is 1. The Morgan fingerprint density at radius 1 is 1.37 bits per heavy atom. The van der Waals surface area contributed by atoms with Crippen molar-refractivity contribution in [2.75, 3.05) is 4.72 Å². The molecule has 0 aliphatic heterocycles. The van der Waals surface area contributed by atoms with E-state index in [0.717, 1.165) is 24.5 Å². The molecule has 0 amide bonds. The molecular weight excluding hydrogens is 279 g/mol. The van der Waals surface area contributed by atoms with Crippen LogP contribution in [0, 0.1) is 5.82 Å². The summed E-state index contributed by atoms with van der Waals surface area (Å²) in [6.07, 6.45) is 1.69. The van der Waals surface area contributed by atoms with Gasteiger partial charge in [0.2, 0.25) is 0 Å². The number of hydrogen-bond donors (Lipinski definition) is 3. The van der Waals surface area contributed by atoms with Gasteiger partial charge in [-0.3, -0.25) is 9.82 Å². The number of carboxylic acid groups (broad SMARTS) is 1. The van der Waals surface area contributed by atoms with Gasteiger partial charge in [-0.25, -0.2) is 14.2 Å². The maximum Gasteiger partial charge on any atom is 0.340 e. The molecule has 19 heavy (non-hydrogen) atoms. The number of carbonyl (C=O) groups is 1. The molecular formula is C9H7FN4O4S. The minimum atomic E-state index is -4.19. The van der Waals surface area contributed by atoms with E-state index in [1.165, 1.54) is 0 Å². The van der Waals surface area contributed by atoms with Gasteiger partial charge < -0.3 is 5.11 Å². The van der Waals surface area contributed by atoms with Crippen molar-refractivity contribution in [3.8, 4) is 0 Å². The zero-order valence-electron chi connectivity index (χ0n) is 9.16. The fourth-order valence-corrected chi connectivity index (χ4v) is 2.36. The van der Waals surface area contributed by atoms with Gasteiger partial charge in [-0.2, -0.15) is 13.5 Å². The van der Waals surface area contributed by atoms with Crippen LogP contribution in [0.3, 0.4) is 0 Å². The lowest BCUT2D eigenvalue weighted by Gasteiger charge is -2.05. The van der Waals surface area contributed by atoms with E-state index < -0.39 is 32.4 Å². The molecule has 0 aliphatic rings. The SMILES string of the molecule is O=C(O)c1cn[nH]c1S(=O)(=O)Nc1ccc(F)cn1. The van der Waals surface area contributed by atoms with E-state index >= 15 is 0 Å². The molecule has 0 atom stereocenters. The van der Waals surface area contributed by atoms with Crippen LogP contribution >= 0.6 is 0 Å². The Hall–Kier alpha value is -2.49. The summed E-state index contributed by atoms with van der Waals surface area (Å²) in [7, 11) is -4.19. The molecule has 0 saturated carbocycles. The molecule has 2 aromatic rings. The summed E-state index contributed by atoms with van der Waals surface area (Å²) in [4.78, 5) is 14.3. The summed E-state index contributed by atoms with van der Waals surface area (Å²) in [5.41, 5.74) is -0.505. The van der Waals surface area contributed by atoms with Crippen LogP contribution in [-0.4, -0.2) is 34.7 Å². The van der Waals surface area contributed by atoms with Crippen molar-refractivity contribution < 1.29 is 22.7 Å². The second-order valence-corrected chi connectivity index (χ2v) is 5.00. The first-order valence-electron chi connectivity index (χ1n) is 4.81. The van der Waals surface area contributed by atoms with Crippen LogP contribution in [0.2, 0.25) is 0 Å². The summed E-state index contributed by atoms with van der Waals surface area (Å²) in [6, 6.07) is 2.11. The molecule has 10 heteroatoms. The standard InChI is InChI=1S/C9H7FN4O4S/c10-5-1-2-7(11-3-5)14-19(17,18)8-6(9(15)16)4-12-13-8/h1-4H,(H,11,14)(H,12,13)(H,15,16). The Bertz CT molecular complexity index is 710. The number of nitrogens with one attached hydrogen (secondary N) is 2. The molecule has 0 saturated heterocycles. The van der Waals surface area contributed by atoms with E-state index in [1.54, 1.807) is 0 Å². The maximum atomic E-state index is 12.6. The number of aromatic nitrogens is 3. The molecule has 0 fully saturated rings. The van der Waals surface area contributed by atoms with Crippen molar-refractivity contribution in [2.45, 2.75) is 5.03 Å². The van der Waals surface area contributed by atoms with Crippen LogP contribution in [0.5, 0.6) is 0 Å². The third-order valence-electron chi connectivity index (χ3n) is 2.07. The highest BCUT2D eigenvalue weighted by Crippen LogP contribution is 2.16. The second-order valence-electron chi connectivity index (χ2n) is 3.39. The molecule has 100 valence electrons. The molecule has 2 aromatic heterocycles. The zero-order valence-corrected chi connectivity index (χ0v) is 9.98. The second kappa shape index (κ2) is 4.65. The van der Waals surface area contributed by atoms with Crippen molar-refractivity contribution in [2.24, 2.45) is 0 Å². The predicted molar refractivity (Wildman–Crippen MR) is 60.6 cm³/mol. The number of pyridine rings is 1. The van der Waals surface area contributed by atoms with E-state index in [2.05, 4.69) is 15.2 Å². The van der Waals surface area contributed by atoms with E-state index in [0.29, 0.717) is 0 Å². The van der Waals surface area contributed by atoms with Crippen molar-refractivity contribution in [3.63, 3.8) is 0 Å². The van der Waals surface area contributed by atoms with Gasteiger partial charge in [-0.15, -0.1) is 0 Å². The highest BCUT2D eigenvalue weighted by Gasteiger charge is 2.25. The normalized spacial score (nSPS) is 11.2. The predicted octanol–water partition coefficient (Wildman–Crippen LogP) is 0.443. The fraction of sp³-hybridized carbons (Fsp3) is 0. The molecule has 0 spiro atoms.